The van der Waals surface area contributed by atoms with E-state index in [1.165, 1.54) is 15.8 Å². The number of aliphatic carboxylic acids is 1. The molecule has 0 bridgehead atoms. The van der Waals surface area contributed by atoms with E-state index in [4.69, 9.17) is 5.11 Å². The fraction of sp³-hybridized carbons (Fsp3) is 0.462. The van der Waals surface area contributed by atoms with Crippen LogP contribution in [0.4, 0.5) is 0 Å². The van der Waals surface area contributed by atoms with E-state index in [9.17, 15) is 9.59 Å². The summed E-state index contributed by atoms with van der Waals surface area (Å²) in [4.78, 5) is 29.3. The maximum atomic E-state index is 12.3. The molecule has 0 fully saturated rings. The average molecular weight is 278 g/mol. The molecule has 0 amide bonds. The number of nitrogens with zero attached hydrogens (tertiary/aromatic N) is 2. The van der Waals surface area contributed by atoms with E-state index in [-0.39, 0.29) is 12.1 Å². The van der Waals surface area contributed by atoms with Crippen LogP contribution < -0.4 is 5.56 Å². The predicted molar refractivity (Wildman–Crippen MR) is 72.7 cm³/mol. The van der Waals surface area contributed by atoms with Crippen molar-refractivity contribution in [2.24, 2.45) is 5.92 Å². The molecule has 0 spiro atoms. The molecule has 0 radical (unpaired) electrons. The largest absolute Gasteiger partial charge is 0.480 e. The molecule has 1 unspecified atom stereocenters. The van der Waals surface area contributed by atoms with Gasteiger partial charge in [0.25, 0.3) is 5.56 Å². The number of hydrogen-bond donors (Lipinski definition) is 1. The molecule has 3 rings (SSSR count). The maximum Gasteiger partial charge on any atom is 0.323 e. The lowest BCUT2D eigenvalue weighted by molar-refractivity contribution is -0.137. The second-order valence-corrected chi connectivity index (χ2v) is 6.19. The molecule has 6 heteroatoms. The van der Waals surface area contributed by atoms with Crippen molar-refractivity contribution in [3.05, 3.63) is 27.1 Å². The van der Waals surface area contributed by atoms with Crippen molar-refractivity contribution in [3.8, 4) is 0 Å². The smallest absolute Gasteiger partial charge is 0.323 e. The third kappa shape index (κ3) is 2.06. The molecule has 0 saturated carbocycles. The molecule has 19 heavy (non-hydrogen) atoms. The lowest BCUT2D eigenvalue weighted by Gasteiger charge is -2.17. The first-order valence-corrected chi connectivity index (χ1v) is 7.09. The lowest BCUT2D eigenvalue weighted by Crippen LogP contribution is -2.24. The fourth-order valence-electron chi connectivity index (χ4n) is 2.62. The van der Waals surface area contributed by atoms with Crippen LogP contribution in [-0.2, 0) is 24.2 Å². The van der Waals surface area contributed by atoms with Crippen LogP contribution in [0.1, 0.15) is 23.8 Å². The second kappa shape index (κ2) is 4.45. The second-order valence-electron chi connectivity index (χ2n) is 5.10. The monoisotopic (exact) mass is 278 g/mol. The number of carboxylic acid groups (broad SMARTS) is 1. The summed E-state index contributed by atoms with van der Waals surface area (Å²) in [6.45, 7) is 1.88. The van der Waals surface area contributed by atoms with Gasteiger partial charge in [-0.25, -0.2) is 4.98 Å². The first-order chi connectivity index (χ1) is 9.06. The average Bonchev–Trinajstić information content (AvgIpc) is 2.70. The Labute approximate surface area is 113 Å². The summed E-state index contributed by atoms with van der Waals surface area (Å²) >= 11 is 1.57. The van der Waals surface area contributed by atoms with Gasteiger partial charge < -0.3 is 5.11 Å². The number of carboxylic acids is 1. The molecule has 1 atom stereocenters. The van der Waals surface area contributed by atoms with Crippen molar-refractivity contribution in [3.63, 3.8) is 0 Å². The summed E-state index contributed by atoms with van der Waals surface area (Å²) in [7, 11) is 0. The molecule has 0 aliphatic heterocycles. The van der Waals surface area contributed by atoms with Crippen LogP contribution in [0, 0.1) is 5.92 Å². The van der Waals surface area contributed by atoms with Crippen LogP contribution in [0.3, 0.4) is 0 Å². The maximum absolute atomic E-state index is 12.3. The zero-order valence-corrected chi connectivity index (χ0v) is 11.4. The molecular weight excluding hydrogens is 264 g/mol. The number of hydrogen-bond acceptors (Lipinski definition) is 4. The summed E-state index contributed by atoms with van der Waals surface area (Å²) in [6, 6.07) is 0. The summed E-state index contributed by atoms with van der Waals surface area (Å²) in [6.07, 6.45) is 4.30. The molecule has 2 aromatic rings. The topological polar surface area (TPSA) is 72.2 Å². The highest BCUT2D eigenvalue weighted by molar-refractivity contribution is 7.18. The van der Waals surface area contributed by atoms with Gasteiger partial charge in [0.1, 0.15) is 11.4 Å². The minimum absolute atomic E-state index is 0.223. The summed E-state index contributed by atoms with van der Waals surface area (Å²) in [5.74, 6) is -0.386. The highest BCUT2D eigenvalue weighted by Gasteiger charge is 2.23. The van der Waals surface area contributed by atoms with Crippen LogP contribution in [0.25, 0.3) is 10.2 Å². The van der Waals surface area contributed by atoms with Crippen molar-refractivity contribution >= 4 is 27.5 Å². The normalized spacial score (nSPS) is 18.5. The van der Waals surface area contributed by atoms with E-state index < -0.39 is 5.97 Å². The Bertz CT molecular complexity index is 716. The third-order valence-electron chi connectivity index (χ3n) is 3.59. The molecule has 2 aromatic heterocycles. The molecule has 1 aliphatic carbocycles. The number of carbonyl (C=O) groups is 1. The van der Waals surface area contributed by atoms with E-state index in [0.29, 0.717) is 11.3 Å². The first kappa shape index (κ1) is 12.3. The molecule has 1 N–H and O–H groups in total. The fourth-order valence-corrected chi connectivity index (χ4v) is 3.97. The Morgan fingerprint density at radius 3 is 3.16 bits per heavy atom. The molecular formula is C13H14N2O3S. The van der Waals surface area contributed by atoms with Gasteiger partial charge >= 0.3 is 5.97 Å². The van der Waals surface area contributed by atoms with E-state index >= 15 is 0 Å². The van der Waals surface area contributed by atoms with E-state index in [2.05, 4.69) is 11.9 Å². The van der Waals surface area contributed by atoms with E-state index in [1.807, 2.05) is 0 Å². The Balaban J connectivity index is 2.20. The van der Waals surface area contributed by atoms with E-state index in [0.717, 1.165) is 29.7 Å². The number of fused-ring (bicyclic) bond motifs is 3. The van der Waals surface area contributed by atoms with Gasteiger partial charge in [-0.1, -0.05) is 6.92 Å². The molecule has 100 valence electrons. The molecule has 2 heterocycles. The Morgan fingerprint density at radius 1 is 1.63 bits per heavy atom. The summed E-state index contributed by atoms with van der Waals surface area (Å²) in [5, 5.41) is 9.44. The summed E-state index contributed by atoms with van der Waals surface area (Å²) < 4.78 is 1.18. The van der Waals surface area contributed by atoms with Gasteiger partial charge in [0, 0.05) is 4.88 Å². The Kier molecular flexibility index (Phi) is 2.89. The zero-order chi connectivity index (χ0) is 13.6. The van der Waals surface area contributed by atoms with Crippen LogP contribution in [0.2, 0.25) is 0 Å². The minimum atomic E-state index is -1.03. The number of rotatable bonds is 2. The quantitative estimate of drug-likeness (QED) is 0.907. The van der Waals surface area contributed by atoms with Crippen molar-refractivity contribution < 1.29 is 9.90 Å². The molecule has 5 nitrogen and oxygen atoms in total. The molecule has 0 aromatic carbocycles. The first-order valence-electron chi connectivity index (χ1n) is 6.27. The van der Waals surface area contributed by atoms with Crippen molar-refractivity contribution in [1.82, 2.24) is 9.55 Å². The molecule has 0 saturated heterocycles. The van der Waals surface area contributed by atoms with Crippen LogP contribution in [-0.4, -0.2) is 20.6 Å². The minimum Gasteiger partial charge on any atom is -0.480 e. The molecule has 1 aliphatic rings. The third-order valence-corrected chi connectivity index (χ3v) is 4.75. The standard InChI is InChI=1S/C13H14N2O3S/c1-7-2-3-8-9(4-7)19-12-11(8)13(18)15(6-14-12)5-10(16)17/h6-7H,2-5H2,1H3,(H,16,17). The Morgan fingerprint density at radius 2 is 2.42 bits per heavy atom. The predicted octanol–water partition coefficient (Wildman–Crippen LogP) is 1.67. The highest BCUT2D eigenvalue weighted by atomic mass is 32.1. The number of aryl methyl sites for hydroxylation is 1. The number of aromatic nitrogens is 2. The highest BCUT2D eigenvalue weighted by Crippen LogP contribution is 2.35. The van der Waals surface area contributed by atoms with Crippen molar-refractivity contribution in [2.45, 2.75) is 32.7 Å². The van der Waals surface area contributed by atoms with Gasteiger partial charge in [0.05, 0.1) is 11.7 Å². The van der Waals surface area contributed by atoms with Crippen molar-refractivity contribution in [1.29, 1.82) is 0 Å². The van der Waals surface area contributed by atoms with Gasteiger partial charge in [-0.05, 0) is 30.7 Å². The van der Waals surface area contributed by atoms with E-state index in [1.54, 1.807) is 11.3 Å². The van der Waals surface area contributed by atoms with Gasteiger partial charge in [-0.15, -0.1) is 11.3 Å². The summed E-state index contributed by atoms with van der Waals surface area (Å²) in [5.41, 5.74) is 0.870. The van der Waals surface area contributed by atoms with Crippen LogP contribution in [0.15, 0.2) is 11.1 Å². The van der Waals surface area contributed by atoms with Gasteiger partial charge in [-0.2, -0.15) is 0 Å². The lowest BCUT2D eigenvalue weighted by atomic mass is 9.89. The number of thiophene rings is 1. The van der Waals surface area contributed by atoms with Crippen molar-refractivity contribution in [2.75, 3.05) is 0 Å². The van der Waals surface area contributed by atoms with Gasteiger partial charge in [0.15, 0.2) is 0 Å². The SMILES string of the molecule is CC1CCc2c(sc3ncn(CC(=O)O)c(=O)c23)C1. The van der Waals surface area contributed by atoms with Gasteiger partial charge in [0.2, 0.25) is 0 Å². The van der Waals surface area contributed by atoms with Crippen LogP contribution >= 0.6 is 11.3 Å². The zero-order valence-electron chi connectivity index (χ0n) is 10.5. The Hall–Kier alpha value is -1.69. The van der Waals surface area contributed by atoms with Gasteiger partial charge in [-0.3, -0.25) is 14.2 Å². The van der Waals surface area contributed by atoms with Crippen LogP contribution in [0.5, 0.6) is 0 Å².